The molecule has 0 aliphatic carbocycles. The van der Waals surface area contributed by atoms with E-state index in [0.717, 1.165) is 37.0 Å². The van der Waals surface area contributed by atoms with Crippen molar-refractivity contribution in [3.05, 3.63) is 29.8 Å². The minimum atomic E-state index is -4.33. The molecule has 28 heavy (non-hydrogen) atoms. The van der Waals surface area contributed by atoms with E-state index < -0.39 is 12.8 Å². The number of alkyl halides is 3. The lowest BCUT2D eigenvalue weighted by molar-refractivity contribution is -0.153. The second kappa shape index (κ2) is 11.1. The first kappa shape index (κ1) is 22.3. The quantitative estimate of drug-likeness (QED) is 0.519. The average Bonchev–Trinajstić information content (AvgIpc) is 2.69. The molecule has 0 aromatic heterocycles. The number of benzene rings is 1. The Balaban J connectivity index is 1.66. The minimum absolute atomic E-state index is 0.206. The number of likely N-dealkylation sites (tertiary alicyclic amines) is 1. The first-order chi connectivity index (χ1) is 13.4. The SMILES string of the molecule is CCN1CCC(CCNC(=NC)NCc2ccc(OCC(F)(F)F)cc2)CC1. The van der Waals surface area contributed by atoms with E-state index in [4.69, 9.17) is 4.74 Å². The summed E-state index contributed by atoms with van der Waals surface area (Å²) in [6.07, 6.45) is -0.691. The summed E-state index contributed by atoms with van der Waals surface area (Å²) in [6, 6.07) is 6.57. The first-order valence-corrected chi connectivity index (χ1v) is 9.85. The van der Waals surface area contributed by atoms with Gasteiger partial charge in [-0.15, -0.1) is 0 Å². The number of guanidine groups is 1. The molecule has 5 nitrogen and oxygen atoms in total. The maximum Gasteiger partial charge on any atom is 0.422 e. The van der Waals surface area contributed by atoms with Crippen LogP contribution in [0, 0.1) is 5.92 Å². The van der Waals surface area contributed by atoms with Gasteiger partial charge in [-0.05, 0) is 62.5 Å². The Hall–Kier alpha value is -1.96. The predicted octanol–water partition coefficient (Wildman–Crippen LogP) is 3.41. The highest BCUT2D eigenvalue weighted by Gasteiger charge is 2.28. The van der Waals surface area contributed by atoms with Gasteiger partial charge in [0, 0.05) is 20.1 Å². The third-order valence-electron chi connectivity index (χ3n) is 5.01. The van der Waals surface area contributed by atoms with Crippen LogP contribution in [0.3, 0.4) is 0 Å². The van der Waals surface area contributed by atoms with Crippen LogP contribution >= 0.6 is 0 Å². The van der Waals surface area contributed by atoms with E-state index >= 15 is 0 Å². The zero-order valence-corrected chi connectivity index (χ0v) is 16.7. The summed E-state index contributed by atoms with van der Waals surface area (Å²) in [5, 5.41) is 6.56. The summed E-state index contributed by atoms with van der Waals surface area (Å²) in [4.78, 5) is 6.71. The fraction of sp³-hybridized carbons (Fsp3) is 0.650. The zero-order valence-electron chi connectivity index (χ0n) is 16.7. The first-order valence-electron chi connectivity index (χ1n) is 9.85. The largest absolute Gasteiger partial charge is 0.484 e. The maximum absolute atomic E-state index is 12.2. The van der Waals surface area contributed by atoms with Crippen LogP contribution in [-0.4, -0.2) is 56.9 Å². The van der Waals surface area contributed by atoms with Crippen molar-refractivity contribution in [3.63, 3.8) is 0 Å². The molecule has 8 heteroatoms. The van der Waals surface area contributed by atoms with Crippen molar-refractivity contribution in [3.8, 4) is 5.75 Å². The van der Waals surface area contributed by atoms with Crippen molar-refractivity contribution in [1.82, 2.24) is 15.5 Å². The number of piperidine rings is 1. The van der Waals surface area contributed by atoms with Crippen LogP contribution < -0.4 is 15.4 Å². The van der Waals surface area contributed by atoms with E-state index in [0.29, 0.717) is 6.54 Å². The molecule has 1 saturated heterocycles. The van der Waals surface area contributed by atoms with Gasteiger partial charge in [-0.3, -0.25) is 4.99 Å². The molecule has 0 amide bonds. The number of halogens is 3. The van der Waals surface area contributed by atoms with Crippen LogP contribution in [0.15, 0.2) is 29.3 Å². The fourth-order valence-electron chi connectivity index (χ4n) is 3.26. The van der Waals surface area contributed by atoms with Crippen LogP contribution in [-0.2, 0) is 6.54 Å². The van der Waals surface area contributed by atoms with Gasteiger partial charge in [-0.1, -0.05) is 19.1 Å². The Labute approximate surface area is 165 Å². The summed E-state index contributed by atoms with van der Waals surface area (Å²) >= 11 is 0. The van der Waals surface area contributed by atoms with Gasteiger partial charge in [0.05, 0.1) is 0 Å². The Morgan fingerprint density at radius 1 is 1.18 bits per heavy atom. The van der Waals surface area contributed by atoms with Crippen LogP contribution in [0.1, 0.15) is 31.7 Å². The van der Waals surface area contributed by atoms with Gasteiger partial charge in [0.2, 0.25) is 0 Å². The maximum atomic E-state index is 12.2. The monoisotopic (exact) mass is 400 g/mol. The standard InChI is InChI=1S/C20H31F3N4O/c1-3-27-12-9-16(10-13-27)8-11-25-19(24-2)26-14-17-4-6-18(7-5-17)28-15-20(21,22)23/h4-7,16H,3,8-15H2,1-2H3,(H2,24,25,26). The van der Waals surface area contributed by atoms with Gasteiger partial charge >= 0.3 is 6.18 Å². The second-order valence-electron chi connectivity index (χ2n) is 7.07. The molecule has 1 heterocycles. The summed E-state index contributed by atoms with van der Waals surface area (Å²) in [5.41, 5.74) is 0.939. The topological polar surface area (TPSA) is 48.9 Å². The molecule has 158 valence electrons. The van der Waals surface area contributed by atoms with E-state index in [1.165, 1.54) is 25.9 Å². The van der Waals surface area contributed by atoms with Crippen LogP contribution in [0.5, 0.6) is 5.75 Å². The lowest BCUT2D eigenvalue weighted by atomic mass is 9.93. The number of rotatable bonds is 8. The molecule has 0 bridgehead atoms. The Morgan fingerprint density at radius 3 is 2.43 bits per heavy atom. The molecule has 2 N–H and O–H groups in total. The molecule has 0 unspecified atom stereocenters. The van der Waals surface area contributed by atoms with Crippen molar-refractivity contribution >= 4 is 5.96 Å². The molecule has 0 saturated carbocycles. The lowest BCUT2D eigenvalue weighted by Gasteiger charge is -2.31. The van der Waals surface area contributed by atoms with Crippen molar-refractivity contribution in [1.29, 1.82) is 0 Å². The molecule has 2 rings (SSSR count). The molecular formula is C20H31F3N4O. The Kier molecular flexibility index (Phi) is 8.89. The summed E-state index contributed by atoms with van der Waals surface area (Å²) in [7, 11) is 1.73. The van der Waals surface area contributed by atoms with Crippen LogP contribution in [0.25, 0.3) is 0 Å². The highest BCUT2D eigenvalue weighted by atomic mass is 19.4. The van der Waals surface area contributed by atoms with Crippen LogP contribution in [0.2, 0.25) is 0 Å². The normalized spacial score (nSPS) is 16.8. The van der Waals surface area contributed by atoms with Gasteiger partial charge in [-0.25, -0.2) is 0 Å². The fourth-order valence-corrected chi connectivity index (χ4v) is 3.26. The molecule has 0 spiro atoms. The van der Waals surface area contributed by atoms with E-state index in [9.17, 15) is 13.2 Å². The smallest absolute Gasteiger partial charge is 0.422 e. The van der Waals surface area contributed by atoms with Crippen molar-refractivity contribution < 1.29 is 17.9 Å². The number of ether oxygens (including phenoxy) is 1. The zero-order chi connectivity index (χ0) is 20.4. The van der Waals surface area contributed by atoms with Gasteiger partial charge in [-0.2, -0.15) is 13.2 Å². The number of hydrogen-bond acceptors (Lipinski definition) is 3. The highest BCUT2D eigenvalue weighted by Crippen LogP contribution is 2.20. The lowest BCUT2D eigenvalue weighted by Crippen LogP contribution is -2.39. The second-order valence-corrected chi connectivity index (χ2v) is 7.07. The molecule has 1 aromatic rings. The van der Waals surface area contributed by atoms with Crippen molar-refractivity contribution in [2.24, 2.45) is 10.9 Å². The molecule has 0 atom stereocenters. The highest BCUT2D eigenvalue weighted by molar-refractivity contribution is 5.79. The van der Waals surface area contributed by atoms with Crippen molar-refractivity contribution in [2.45, 2.75) is 38.9 Å². The van der Waals surface area contributed by atoms with Crippen molar-refractivity contribution in [2.75, 3.05) is 39.8 Å². The molecular weight excluding hydrogens is 369 g/mol. The van der Waals surface area contributed by atoms with E-state index in [1.807, 2.05) is 0 Å². The summed E-state index contributed by atoms with van der Waals surface area (Å²) < 4.78 is 41.2. The molecule has 1 aliphatic rings. The summed E-state index contributed by atoms with van der Waals surface area (Å²) in [5.74, 6) is 1.69. The Bertz CT molecular complexity index is 596. The Morgan fingerprint density at radius 2 is 1.86 bits per heavy atom. The number of nitrogens with zero attached hydrogens (tertiary/aromatic N) is 2. The molecule has 0 radical (unpaired) electrons. The number of nitrogens with one attached hydrogen (secondary N) is 2. The third-order valence-corrected chi connectivity index (χ3v) is 5.01. The van der Waals surface area contributed by atoms with Gasteiger partial charge < -0.3 is 20.3 Å². The van der Waals surface area contributed by atoms with E-state index in [-0.39, 0.29) is 5.75 Å². The minimum Gasteiger partial charge on any atom is -0.484 e. The number of hydrogen-bond donors (Lipinski definition) is 2. The van der Waals surface area contributed by atoms with E-state index in [2.05, 4.69) is 27.4 Å². The number of aliphatic imine (C=N–C) groups is 1. The van der Waals surface area contributed by atoms with Gasteiger partial charge in [0.15, 0.2) is 12.6 Å². The summed E-state index contributed by atoms with van der Waals surface area (Å²) in [6.45, 7) is 5.86. The average molecular weight is 400 g/mol. The van der Waals surface area contributed by atoms with Gasteiger partial charge in [0.1, 0.15) is 5.75 Å². The molecule has 1 fully saturated rings. The molecule has 1 aromatic carbocycles. The van der Waals surface area contributed by atoms with Gasteiger partial charge in [0.25, 0.3) is 0 Å². The predicted molar refractivity (Wildman–Crippen MR) is 106 cm³/mol. The van der Waals surface area contributed by atoms with Crippen LogP contribution in [0.4, 0.5) is 13.2 Å². The third kappa shape index (κ3) is 8.37. The molecule has 1 aliphatic heterocycles. The van der Waals surface area contributed by atoms with E-state index in [1.54, 1.807) is 31.3 Å².